The van der Waals surface area contributed by atoms with Gasteiger partial charge in [0.15, 0.2) is 23.5 Å². The average molecular weight is 445 g/mol. The van der Waals surface area contributed by atoms with Crippen LogP contribution in [0.25, 0.3) is 0 Å². The van der Waals surface area contributed by atoms with E-state index >= 15 is 0 Å². The molecular formula is C26H36O6. The summed E-state index contributed by atoms with van der Waals surface area (Å²) >= 11 is 0. The Morgan fingerprint density at radius 2 is 2.03 bits per heavy atom. The van der Waals surface area contributed by atoms with Crippen molar-refractivity contribution in [3.8, 4) is 0 Å². The van der Waals surface area contributed by atoms with Crippen LogP contribution in [0.4, 0.5) is 0 Å². The largest absolute Gasteiger partial charge is 0.393 e. The molecule has 2 N–H and O–H groups in total. The zero-order valence-corrected chi connectivity index (χ0v) is 19.6. The SMILES string of the molecule is CCCC1O[C@@H]2C[C@H]3[C@]4(C)CCC5=CC(=O)C=C[C@]5(C)[C@H]4[C@@H](O)C[C@]3(C)[C@]2(C(=O)CO)O1. The summed E-state index contributed by atoms with van der Waals surface area (Å²) in [5.74, 6) is -0.283. The van der Waals surface area contributed by atoms with Crippen molar-refractivity contribution >= 4 is 11.6 Å². The standard InChI is InChI=1S/C26H36O6/c1-5-6-21-31-20-12-18-24(3)9-7-15-11-16(28)8-10-23(15,2)22(24)17(29)13-25(18,4)26(20,32-21)19(30)14-27/h8,10-11,17-18,20-22,27,29H,5-7,9,12-14H2,1-4H3/t17-,18-,20+,21?,22+,23-,24-,25-,26+/m0/s1. The molecule has 176 valence electrons. The monoisotopic (exact) mass is 444 g/mol. The lowest BCUT2D eigenvalue weighted by Crippen LogP contribution is -2.66. The average Bonchev–Trinajstić information content (AvgIpc) is 3.21. The van der Waals surface area contributed by atoms with E-state index in [1.807, 2.05) is 6.08 Å². The number of hydrogen-bond donors (Lipinski definition) is 2. The molecule has 1 saturated heterocycles. The van der Waals surface area contributed by atoms with Crippen LogP contribution in [-0.2, 0) is 19.1 Å². The predicted octanol–water partition coefficient (Wildman–Crippen LogP) is 3.11. The van der Waals surface area contributed by atoms with Crippen LogP contribution in [0.2, 0.25) is 0 Å². The molecule has 3 saturated carbocycles. The van der Waals surface area contributed by atoms with E-state index in [0.717, 1.165) is 24.8 Å². The second kappa shape index (κ2) is 7.08. The summed E-state index contributed by atoms with van der Waals surface area (Å²) in [6.45, 7) is 7.92. The maximum atomic E-state index is 13.3. The fraction of sp³-hybridized carbons (Fsp3) is 0.769. The minimum Gasteiger partial charge on any atom is -0.393 e. The summed E-state index contributed by atoms with van der Waals surface area (Å²) in [4.78, 5) is 25.4. The molecule has 4 aliphatic carbocycles. The maximum absolute atomic E-state index is 13.3. The second-order valence-electron chi connectivity index (χ2n) is 11.4. The zero-order valence-electron chi connectivity index (χ0n) is 19.6. The van der Waals surface area contributed by atoms with E-state index in [2.05, 4.69) is 27.7 Å². The summed E-state index contributed by atoms with van der Waals surface area (Å²) in [5.41, 5.74) is -1.42. The van der Waals surface area contributed by atoms with Crippen LogP contribution in [0.5, 0.6) is 0 Å². The van der Waals surface area contributed by atoms with Crippen molar-refractivity contribution < 1.29 is 29.3 Å². The van der Waals surface area contributed by atoms with Crippen molar-refractivity contribution in [1.29, 1.82) is 0 Å². The van der Waals surface area contributed by atoms with Crippen molar-refractivity contribution in [3.63, 3.8) is 0 Å². The van der Waals surface area contributed by atoms with E-state index in [0.29, 0.717) is 19.3 Å². The van der Waals surface area contributed by atoms with Crippen LogP contribution in [-0.4, -0.2) is 52.5 Å². The Bertz CT molecular complexity index is 908. The van der Waals surface area contributed by atoms with E-state index in [1.165, 1.54) is 0 Å². The molecule has 0 aromatic rings. The molecule has 0 aromatic heterocycles. The summed E-state index contributed by atoms with van der Waals surface area (Å²) < 4.78 is 12.8. The highest BCUT2D eigenvalue weighted by molar-refractivity contribution is 6.01. The number of ether oxygens (including phenoxy) is 2. The predicted molar refractivity (Wildman–Crippen MR) is 117 cm³/mol. The molecule has 4 fully saturated rings. The van der Waals surface area contributed by atoms with Gasteiger partial charge in [0.05, 0.1) is 12.2 Å². The Morgan fingerprint density at radius 1 is 1.28 bits per heavy atom. The number of ketones is 2. The van der Waals surface area contributed by atoms with Crippen molar-refractivity contribution in [3.05, 3.63) is 23.8 Å². The van der Waals surface area contributed by atoms with Crippen LogP contribution in [0.15, 0.2) is 23.8 Å². The zero-order chi connectivity index (χ0) is 23.1. The molecule has 6 nitrogen and oxygen atoms in total. The molecule has 1 heterocycles. The Hall–Kier alpha value is -1.34. The van der Waals surface area contributed by atoms with Gasteiger partial charge >= 0.3 is 0 Å². The van der Waals surface area contributed by atoms with E-state index < -0.39 is 36.1 Å². The van der Waals surface area contributed by atoms with E-state index in [1.54, 1.807) is 12.2 Å². The topological polar surface area (TPSA) is 93.1 Å². The Balaban J connectivity index is 1.60. The third-order valence-electron chi connectivity index (χ3n) is 9.94. The molecule has 32 heavy (non-hydrogen) atoms. The molecule has 0 radical (unpaired) electrons. The Morgan fingerprint density at radius 3 is 2.72 bits per heavy atom. The number of carbonyl (C=O) groups is 2. The first-order valence-electron chi connectivity index (χ1n) is 12.2. The minimum atomic E-state index is -1.23. The third kappa shape index (κ3) is 2.55. The lowest BCUT2D eigenvalue weighted by molar-refractivity contribution is -0.220. The molecule has 0 amide bonds. The van der Waals surface area contributed by atoms with Gasteiger partial charge < -0.3 is 19.7 Å². The molecule has 6 heteroatoms. The van der Waals surface area contributed by atoms with Crippen LogP contribution in [0, 0.1) is 28.1 Å². The van der Waals surface area contributed by atoms with Gasteiger partial charge in [0.1, 0.15) is 6.61 Å². The van der Waals surface area contributed by atoms with Gasteiger partial charge in [0, 0.05) is 16.7 Å². The summed E-state index contributed by atoms with van der Waals surface area (Å²) in [5, 5.41) is 21.6. The lowest BCUT2D eigenvalue weighted by atomic mass is 9.40. The lowest BCUT2D eigenvalue weighted by Gasteiger charge is -2.64. The number of hydrogen-bond acceptors (Lipinski definition) is 6. The Labute approximate surface area is 190 Å². The number of rotatable bonds is 4. The molecule has 5 rings (SSSR count). The smallest absolute Gasteiger partial charge is 0.193 e. The van der Waals surface area contributed by atoms with Gasteiger partial charge in [-0.25, -0.2) is 0 Å². The van der Waals surface area contributed by atoms with Gasteiger partial charge in [-0.15, -0.1) is 0 Å². The molecular weight excluding hydrogens is 408 g/mol. The van der Waals surface area contributed by atoms with Crippen LogP contribution < -0.4 is 0 Å². The minimum absolute atomic E-state index is 0.0166. The molecule has 1 unspecified atom stereocenters. The Kier molecular flexibility index (Phi) is 4.97. The number of fused-ring (bicyclic) bond motifs is 7. The quantitative estimate of drug-likeness (QED) is 0.692. The number of carbonyl (C=O) groups excluding carboxylic acids is 2. The van der Waals surface area contributed by atoms with Crippen molar-refractivity contribution in [2.75, 3.05) is 6.61 Å². The van der Waals surface area contributed by atoms with Crippen LogP contribution in [0.3, 0.4) is 0 Å². The second-order valence-corrected chi connectivity index (χ2v) is 11.4. The fourth-order valence-electron chi connectivity index (χ4n) is 8.79. The van der Waals surface area contributed by atoms with Gasteiger partial charge in [-0.05, 0) is 55.6 Å². The molecule has 9 atom stereocenters. The number of allylic oxidation sites excluding steroid dienone is 4. The highest BCUT2D eigenvalue weighted by atomic mass is 16.7. The first-order valence-corrected chi connectivity index (χ1v) is 12.2. The molecule has 1 aliphatic heterocycles. The third-order valence-corrected chi connectivity index (χ3v) is 9.94. The first kappa shape index (κ1) is 22.5. The number of Topliss-reactive ketones (excluding diaryl/α,β-unsaturated/α-hetero) is 1. The van der Waals surface area contributed by atoms with Gasteiger partial charge in [-0.3, -0.25) is 9.59 Å². The summed E-state index contributed by atoms with van der Waals surface area (Å²) in [7, 11) is 0. The molecule has 0 bridgehead atoms. The van der Waals surface area contributed by atoms with Crippen molar-refractivity contribution in [1.82, 2.24) is 0 Å². The fourth-order valence-corrected chi connectivity index (χ4v) is 8.79. The van der Waals surface area contributed by atoms with Crippen molar-refractivity contribution in [2.45, 2.75) is 90.3 Å². The molecule has 5 aliphatic rings. The van der Waals surface area contributed by atoms with E-state index in [4.69, 9.17) is 9.47 Å². The van der Waals surface area contributed by atoms with Gasteiger partial charge in [0.2, 0.25) is 0 Å². The number of aliphatic hydroxyl groups is 2. The van der Waals surface area contributed by atoms with Gasteiger partial charge in [-0.2, -0.15) is 0 Å². The highest BCUT2D eigenvalue weighted by Crippen LogP contribution is 2.73. The van der Waals surface area contributed by atoms with Gasteiger partial charge in [0.25, 0.3) is 0 Å². The van der Waals surface area contributed by atoms with E-state index in [9.17, 15) is 19.8 Å². The first-order chi connectivity index (χ1) is 15.1. The van der Waals surface area contributed by atoms with Crippen molar-refractivity contribution in [2.24, 2.45) is 28.1 Å². The molecule has 0 spiro atoms. The maximum Gasteiger partial charge on any atom is 0.193 e. The molecule has 0 aromatic carbocycles. The highest BCUT2D eigenvalue weighted by Gasteiger charge is 2.78. The van der Waals surface area contributed by atoms with Gasteiger partial charge in [-0.1, -0.05) is 45.8 Å². The normalized spacial score (nSPS) is 51.5. The summed E-state index contributed by atoms with van der Waals surface area (Å²) in [6.07, 6.45) is 8.16. The van der Waals surface area contributed by atoms with Crippen LogP contribution >= 0.6 is 0 Å². The summed E-state index contributed by atoms with van der Waals surface area (Å²) in [6, 6.07) is 0. The van der Waals surface area contributed by atoms with Crippen LogP contribution in [0.1, 0.15) is 66.2 Å². The number of aliphatic hydroxyl groups excluding tert-OH is 2. The van der Waals surface area contributed by atoms with E-state index in [-0.39, 0.29) is 34.2 Å².